The number of hydrogen-bond acceptors (Lipinski definition) is 3. The lowest BCUT2D eigenvalue weighted by Crippen LogP contribution is -2.54. The van der Waals surface area contributed by atoms with Gasteiger partial charge in [-0.1, -0.05) is 0 Å². The third kappa shape index (κ3) is 2.88. The topological polar surface area (TPSA) is 77.9 Å². The molecule has 0 aromatic rings. The maximum atomic E-state index is 12.4. The largest absolute Gasteiger partial charge is 0.480 e. The highest BCUT2D eigenvalue weighted by Crippen LogP contribution is 2.24. The number of likely N-dealkylation sites (tertiary alicyclic amines) is 1. The number of carboxylic acid groups (broad SMARTS) is 1. The Morgan fingerprint density at radius 2 is 2.00 bits per heavy atom. The fraction of sp³-hybridized carbons (Fsp3) is 0.769. The van der Waals surface area contributed by atoms with E-state index in [-0.39, 0.29) is 18.2 Å². The lowest BCUT2D eigenvalue weighted by molar-refractivity contribution is -0.158. The zero-order valence-corrected chi connectivity index (χ0v) is 12.0. The molecule has 1 aliphatic heterocycles. The van der Waals surface area contributed by atoms with Gasteiger partial charge in [-0.25, -0.2) is 4.79 Å². The van der Waals surface area contributed by atoms with Gasteiger partial charge in [0.2, 0.25) is 11.8 Å². The van der Waals surface area contributed by atoms with E-state index in [1.54, 1.807) is 11.8 Å². The molecule has 1 unspecified atom stereocenters. The number of carboxylic acids is 1. The molecule has 0 aromatic heterocycles. The molecule has 2 amide bonds. The van der Waals surface area contributed by atoms with Crippen LogP contribution in [-0.4, -0.2) is 57.9 Å². The minimum absolute atomic E-state index is 0.0370. The maximum Gasteiger partial charge on any atom is 0.329 e. The minimum Gasteiger partial charge on any atom is -0.480 e. The lowest BCUT2D eigenvalue weighted by Gasteiger charge is -2.35. The molecule has 1 saturated heterocycles. The molecule has 1 atom stereocenters. The molecule has 0 bridgehead atoms. The number of carbonyl (C=O) groups is 3. The molecule has 0 saturated carbocycles. The first-order valence-electron chi connectivity index (χ1n) is 6.58. The van der Waals surface area contributed by atoms with Crippen LogP contribution in [0.25, 0.3) is 0 Å². The van der Waals surface area contributed by atoms with Crippen molar-refractivity contribution in [2.45, 2.75) is 39.7 Å². The summed E-state index contributed by atoms with van der Waals surface area (Å²) in [5, 5.41) is 9.21. The van der Waals surface area contributed by atoms with E-state index in [9.17, 15) is 19.5 Å². The molecule has 6 heteroatoms. The van der Waals surface area contributed by atoms with Crippen LogP contribution in [0, 0.1) is 5.92 Å². The van der Waals surface area contributed by atoms with E-state index in [2.05, 4.69) is 0 Å². The summed E-state index contributed by atoms with van der Waals surface area (Å²) in [5.74, 6) is -1.75. The van der Waals surface area contributed by atoms with Gasteiger partial charge < -0.3 is 14.9 Å². The summed E-state index contributed by atoms with van der Waals surface area (Å²) in [7, 11) is 0. The van der Waals surface area contributed by atoms with Crippen LogP contribution < -0.4 is 0 Å². The number of hydrogen-bond donors (Lipinski definition) is 1. The molecule has 0 aliphatic carbocycles. The summed E-state index contributed by atoms with van der Waals surface area (Å²) < 4.78 is 0. The first-order valence-corrected chi connectivity index (χ1v) is 6.58. The summed E-state index contributed by atoms with van der Waals surface area (Å²) in [4.78, 5) is 38.3. The Balaban J connectivity index is 2.87. The van der Waals surface area contributed by atoms with Crippen molar-refractivity contribution in [1.82, 2.24) is 9.80 Å². The maximum absolute atomic E-state index is 12.4. The monoisotopic (exact) mass is 270 g/mol. The Labute approximate surface area is 113 Å². The third-order valence-electron chi connectivity index (χ3n) is 3.73. The average Bonchev–Trinajstić information content (AvgIpc) is 2.70. The molecule has 6 nitrogen and oxygen atoms in total. The first kappa shape index (κ1) is 15.5. The molecule has 0 spiro atoms. The van der Waals surface area contributed by atoms with Crippen molar-refractivity contribution in [2.75, 3.05) is 19.6 Å². The van der Waals surface area contributed by atoms with Gasteiger partial charge in [0.05, 0.1) is 5.92 Å². The van der Waals surface area contributed by atoms with Gasteiger partial charge in [-0.05, 0) is 27.7 Å². The van der Waals surface area contributed by atoms with Crippen LogP contribution in [0.15, 0.2) is 0 Å². The van der Waals surface area contributed by atoms with E-state index >= 15 is 0 Å². The summed E-state index contributed by atoms with van der Waals surface area (Å²) in [5.41, 5.74) is -1.26. The second-order valence-corrected chi connectivity index (χ2v) is 5.28. The Morgan fingerprint density at radius 1 is 1.42 bits per heavy atom. The predicted octanol–water partition coefficient (Wildman–Crippen LogP) is 0.566. The molecular formula is C13H22N2O4. The van der Waals surface area contributed by atoms with E-state index in [0.717, 1.165) is 0 Å². The SMILES string of the molecule is CCN1CC(C(=O)N(CC)C(C)(C)C(=O)O)CC1=O. The van der Waals surface area contributed by atoms with Crippen LogP contribution in [0.3, 0.4) is 0 Å². The smallest absolute Gasteiger partial charge is 0.329 e. The van der Waals surface area contributed by atoms with Gasteiger partial charge in [-0.3, -0.25) is 9.59 Å². The van der Waals surface area contributed by atoms with Crippen molar-refractivity contribution in [3.8, 4) is 0 Å². The fourth-order valence-electron chi connectivity index (χ4n) is 2.41. The molecular weight excluding hydrogens is 248 g/mol. The normalized spacial score (nSPS) is 19.7. The van der Waals surface area contributed by atoms with Crippen molar-refractivity contribution in [3.63, 3.8) is 0 Å². The summed E-state index contributed by atoms with van der Waals surface area (Å²) in [6, 6.07) is 0. The van der Waals surface area contributed by atoms with E-state index in [1.807, 2.05) is 6.92 Å². The van der Waals surface area contributed by atoms with Crippen molar-refractivity contribution < 1.29 is 19.5 Å². The fourth-order valence-corrected chi connectivity index (χ4v) is 2.41. The molecule has 1 rings (SSSR count). The van der Waals surface area contributed by atoms with E-state index in [0.29, 0.717) is 19.6 Å². The average molecular weight is 270 g/mol. The van der Waals surface area contributed by atoms with Crippen molar-refractivity contribution in [2.24, 2.45) is 5.92 Å². The summed E-state index contributed by atoms with van der Waals surface area (Å²) in [6.07, 6.45) is 0.179. The lowest BCUT2D eigenvalue weighted by atomic mass is 9.99. The highest BCUT2D eigenvalue weighted by molar-refractivity contribution is 5.92. The molecule has 1 aliphatic rings. The van der Waals surface area contributed by atoms with Gasteiger partial charge in [0, 0.05) is 26.1 Å². The van der Waals surface area contributed by atoms with Gasteiger partial charge in [0.15, 0.2) is 0 Å². The molecule has 1 heterocycles. The van der Waals surface area contributed by atoms with Crippen LogP contribution in [0.4, 0.5) is 0 Å². The van der Waals surface area contributed by atoms with Crippen molar-refractivity contribution in [3.05, 3.63) is 0 Å². The Kier molecular flexibility index (Phi) is 4.55. The third-order valence-corrected chi connectivity index (χ3v) is 3.73. The first-order chi connectivity index (χ1) is 8.75. The molecule has 108 valence electrons. The second-order valence-electron chi connectivity index (χ2n) is 5.28. The van der Waals surface area contributed by atoms with Crippen LogP contribution >= 0.6 is 0 Å². The number of amides is 2. The van der Waals surface area contributed by atoms with Crippen LogP contribution in [0.5, 0.6) is 0 Å². The Bertz CT molecular complexity index is 392. The van der Waals surface area contributed by atoms with Crippen LogP contribution in [-0.2, 0) is 14.4 Å². The minimum atomic E-state index is -1.26. The van der Waals surface area contributed by atoms with Gasteiger partial charge >= 0.3 is 5.97 Å². The van der Waals surface area contributed by atoms with Gasteiger partial charge in [-0.2, -0.15) is 0 Å². The zero-order chi connectivity index (χ0) is 14.8. The molecule has 0 aromatic carbocycles. The van der Waals surface area contributed by atoms with Gasteiger partial charge in [0.1, 0.15) is 5.54 Å². The zero-order valence-electron chi connectivity index (χ0n) is 12.0. The van der Waals surface area contributed by atoms with Crippen molar-refractivity contribution in [1.29, 1.82) is 0 Å². The predicted molar refractivity (Wildman–Crippen MR) is 69.5 cm³/mol. The van der Waals surface area contributed by atoms with Crippen LogP contribution in [0.2, 0.25) is 0 Å². The summed E-state index contributed by atoms with van der Waals surface area (Å²) >= 11 is 0. The Hall–Kier alpha value is -1.59. The highest BCUT2D eigenvalue weighted by atomic mass is 16.4. The van der Waals surface area contributed by atoms with Crippen LogP contribution in [0.1, 0.15) is 34.1 Å². The standard InChI is InChI=1S/C13H22N2O4/c1-5-14-8-9(7-10(14)16)11(17)15(6-2)13(3,4)12(18)19/h9H,5-8H2,1-4H3,(H,18,19). The molecule has 1 fully saturated rings. The van der Waals surface area contributed by atoms with Gasteiger partial charge in [0.25, 0.3) is 0 Å². The number of likely N-dealkylation sites (N-methyl/N-ethyl adjacent to an activating group) is 1. The number of rotatable bonds is 5. The second kappa shape index (κ2) is 5.59. The van der Waals surface area contributed by atoms with E-state index in [4.69, 9.17) is 0 Å². The van der Waals surface area contributed by atoms with E-state index < -0.39 is 17.4 Å². The quantitative estimate of drug-likeness (QED) is 0.792. The summed E-state index contributed by atoms with van der Waals surface area (Å²) in [6.45, 7) is 7.91. The van der Waals surface area contributed by atoms with Gasteiger partial charge in [-0.15, -0.1) is 0 Å². The number of nitrogens with zero attached hydrogens (tertiary/aromatic N) is 2. The van der Waals surface area contributed by atoms with E-state index in [1.165, 1.54) is 18.7 Å². The van der Waals surface area contributed by atoms with Crippen molar-refractivity contribution >= 4 is 17.8 Å². The number of aliphatic carboxylic acids is 1. The number of carbonyl (C=O) groups excluding carboxylic acids is 2. The Morgan fingerprint density at radius 3 is 2.37 bits per heavy atom. The molecule has 0 radical (unpaired) electrons. The molecule has 1 N–H and O–H groups in total. The molecule has 19 heavy (non-hydrogen) atoms. The highest BCUT2D eigenvalue weighted by Gasteiger charge is 2.42.